The smallest absolute Gasteiger partial charge is 0.328 e. The number of esters is 1. The zero-order valence-electron chi connectivity index (χ0n) is 27.7. The quantitative estimate of drug-likeness (QED) is 0.114. The van der Waals surface area contributed by atoms with Crippen LogP contribution < -0.4 is 15.0 Å². The van der Waals surface area contributed by atoms with Crippen molar-refractivity contribution in [3.8, 4) is 16.9 Å². The van der Waals surface area contributed by atoms with E-state index in [0.29, 0.717) is 31.7 Å². The molecule has 5 aromatic rings. The van der Waals surface area contributed by atoms with Gasteiger partial charge >= 0.3 is 5.97 Å². The summed E-state index contributed by atoms with van der Waals surface area (Å²) in [5.41, 5.74) is 7.80. The normalized spacial score (nSPS) is 11.4. The predicted octanol–water partition coefficient (Wildman–Crippen LogP) is 8.47. The largest absolute Gasteiger partial charge is 0.489 e. The number of carbonyl (C=O) groups excluding carboxylic acids is 2. The third kappa shape index (κ3) is 9.29. The molecule has 0 unspecified atom stereocenters. The van der Waals surface area contributed by atoms with Crippen LogP contribution in [-0.2, 0) is 29.2 Å². The topological polar surface area (TPSA) is 67.9 Å². The summed E-state index contributed by atoms with van der Waals surface area (Å²) in [4.78, 5) is 28.6. The van der Waals surface area contributed by atoms with E-state index in [-0.39, 0.29) is 5.91 Å². The highest BCUT2D eigenvalue weighted by Crippen LogP contribution is 2.30. The van der Waals surface area contributed by atoms with Crippen LogP contribution >= 0.6 is 11.8 Å². The molecule has 7 heteroatoms. The molecule has 0 radical (unpaired) electrons. The van der Waals surface area contributed by atoms with Gasteiger partial charge in [-0.1, -0.05) is 91.0 Å². The average Bonchev–Trinajstić information content (AvgIpc) is 3.13. The molecular weight excluding hydrogens is 617 g/mol. The fourth-order valence-electron chi connectivity index (χ4n) is 5.60. The molecule has 0 fully saturated rings. The van der Waals surface area contributed by atoms with E-state index in [0.717, 1.165) is 45.0 Å². The minimum Gasteiger partial charge on any atom is -0.489 e. The maximum Gasteiger partial charge on any atom is 0.328 e. The molecule has 1 amide bonds. The number of ether oxygens (including phenoxy) is 2. The van der Waals surface area contributed by atoms with Crippen LogP contribution in [0.5, 0.6) is 5.75 Å². The highest BCUT2D eigenvalue weighted by molar-refractivity contribution is 7.98. The van der Waals surface area contributed by atoms with Gasteiger partial charge in [-0.15, -0.1) is 0 Å². The number of hydrogen-bond donors (Lipinski definition) is 1. The number of nitrogens with zero attached hydrogens (tertiary/aromatic N) is 1. The fraction of sp³-hybridized carbons (Fsp3) is 0.220. The maximum atomic E-state index is 13.8. The minimum absolute atomic E-state index is 0.300. The molecule has 0 aliphatic heterocycles. The Balaban J connectivity index is 1.44. The molecule has 1 N–H and O–H groups in total. The van der Waals surface area contributed by atoms with Crippen LogP contribution in [0.25, 0.3) is 11.1 Å². The number of benzene rings is 5. The number of aryl methyl sites for hydroxylation is 1. The second-order valence-corrected chi connectivity index (χ2v) is 12.6. The number of rotatable bonds is 15. The van der Waals surface area contributed by atoms with E-state index in [1.165, 1.54) is 12.7 Å². The van der Waals surface area contributed by atoms with Gasteiger partial charge in [0.2, 0.25) is 0 Å². The Labute approximate surface area is 288 Å². The maximum absolute atomic E-state index is 13.8. The Morgan fingerprint density at radius 1 is 0.750 bits per heavy atom. The molecule has 0 aliphatic rings. The lowest BCUT2D eigenvalue weighted by Gasteiger charge is -2.26. The first-order valence-electron chi connectivity index (χ1n) is 16.1. The number of hydrogen-bond acceptors (Lipinski definition) is 6. The van der Waals surface area contributed by atoms with Crippen molar-refractivity contribution in [3.63, 3.8) is 0 Å². The van der Waals surface area contributed by atoms with E-state index < -0.39 is 12.0 Å². The molecule has 48 heavy (non-hydrogen) atoms. The molecule has 0 saturated carbocycles. The van der Waals surface area contributed by atoms with E-state index >= 15 is 0 Å². The van der Waals surface area contributed by atoms with Gasteiger partial charge in [0.05, 0.1) is 7.11 Å². The summed E-state index contributed by atoms with van der Waals surface area (Å²) < 4.78 is 11.0. The predicted molar refractivity (Wildman–Crippen MR) is 196 cm³/mol. The van der Waals surface area contributed by atoms with E-state index in [2.05, 4.69) is 64.8 Å². The number of anilines is 1. The van der Waals surface area contributed by atoms with E-state index in [1.807, 2.05) is 86.0 Å². The summed E-state index contributed by atoms with van der Waals surface area (Å²) >= 11 is 1.62. The number of methoxy groups -OCH3 is 1. The molecule has 0 spiro atoms. The Kier molecular flexibility index (Phi) is 12.3. The summed E-state index contributed by atoms with van der Waals surface area (Å²) in [5, 5.41) is 2.95. The lowest BCUT2D eigenvalue weighted by Crippen LogP contribution is -2.42. The zero-order chi connectivity index (χ0) is 33.7. The number of amides is 1. The lowest BCUT2D eigenvalue weighted by atomic mass is 9.93. The number of para-hydroxylation sites is 1. The highest BCUT2D eigenvalue weighted by atomic mass is 32.2. The van der Waals surface area contributed by atoms with Crippen LogP contribution in [0.2, 0.25) is 0 Å². The van der Waals surface area contributed by atoms with Gasteiger partial charge in [-0.05, 0) is 95.1 Å². The van der Waals surface area contributed by atoms with Crippen LogP contribution in [0.4, 0.5) is 5.69 Å². The Hall–Kier alpha value is -5.01. The molecule has 246 valence electrons. The molecule has 0 saturated heterocycles. The fourth-order valence-corrected chi connectivity index (χ4v) is 6.07. The Morgan fingerprint density at radius 2 is 1.40 bits per heavy atom. The standard InChI is InChI=1S/C41H42N2O4S/c1-30-12-10-11-17-36(30)38-26-33(20-23-37(38)40(44)42-39(24-25-48-3)41(45)46-2)28-43(27-31-13-6-4-7-14-31)34-21-18-32(19-22-34)29-47-35-15-8-5-9-16-35/h4-23,26,39H,24-25,27-29H2,1-3H3,(H,42,44)/t39-/m0/s1. The summed E-state index contributed by atoms with van der Waals surface area (Å²) in [6.45, 7) is 3.86. The highest BCUT2D eigenvalue weighted by Gasteiger charge is 2.24. The first kappa shape index (κ1) is 34.3. The first-order chi connectivity index (χ1) is 23.4. The van der Waals surface area contributed by atoms with Crippen LogP contribution in [-0.4, -0.2) is 37.0 Å². The van der Waals surface area contributed by atoms with Gasteiger partial charge in [0.15, 0.2) is 0 Å². The van der Waals surface area contributed by atoms with E-state index in [4.69, 9.17) is 9.47 Å². The van der Waals surface area contributed by atoms with E-state index in [9.17, 15) is 9.59 Å². The monoisotopic (exact) mass is 658 g/mol. The van der Waals surface area contributed by atoms with Gasteiger partial charge in [-0.2, -0.15) is 11.8 Å². The van der Waals surface area contributed by atoms with Gasteiger partial charge in [0.1, 0.15) is 18.4 Å². The van der Waals surface area contributed by atoms with Gasteiger partial charge in [0.25, 0.3) is 5.91 Å². The van der Waals surface area contributed by atoms with Crippen LogP contribution in [0.15, 0.2) is 127 Å². The van der Waals surface area contributed by atoms with Gasteiger partial charge in [-0.3, -0.25) is 4.79 Å². The Bertz CT molecular complexity index is 1780. The summed E-state index contributed by atoms with van der Waals surface area (Å²) in [6, 6.07) is 42.1. The molecule has 0 bridgehead atoms. The van der Waals surface area contributed by atoms with Crippen molar-refractivity contribution in [3.05, 3.63) is 155 Å². The van der Waals surface area contributed by atoms with E-state index in [1.54, 1.807) is 11.8 Å². The SMILES string of the molecule is COC(=O)[C@H](CCSC)NC(=O)c1ccc(CN(Cc2ccccc2)c2ccc(COc3ccccc3)cc2)cc1-c1ccccc1C. The molecular formula is C41H42N2O4S. The molecule has 0 aliphatic carbocycles. The van der Waals surface area contributed by atoms with Crippen molar-refractivity contribution >= 4 is 29.3 Å². The van der Waals surface area contributed by atoms with Crippen molar-refractivity contribution < 1.29 is 19.1 Å². The van der Waals surface area contributed by atoms with Gasteiger partial charge in [0, 0.05) is 24.3 Å². The lowest BCUT2D eigenvalue weighted by molar-refractivity contribution is -0.142. The molecule has 6 nitrogen and oxygen atoms in total. The molecule has 5 rings (SSSR count). The van der Waals surface area contributed by atoms with Gasteiger partial charge in [-0.25, -0.2) is 4.79 Å². The number of thioether (sulfide) groups is 1. The second kappa shape index (κ2) is 17.2. The third-order valence-electron chi connectivity index (χ3n) is 8.21. The third-order valence-corrected chi connectivity index (χ3v) is 8.85. The summed E-state index contributed by atoms with van der Waals surface area (Å²) in [7, 11) is 1.35. The summed E-state index contributed by atoms with van der Waals surface area (Å²) in [5.74, 6) is 0.822. The number of carbonyl (C=O) groups is 2. The average molecular weight is 659 g/mol. The van der Waals surface area contributed by atoms with Crippen molar-refractivity contribution in [2.45, 2.75) is 39.1 Å². The van der Waals surface area contributed by atoms with Crippen LogP contribution in [0, 0.1) is 6.92 Å². The minimum atomic E-state index is -0.721. The summed E-state index contributed by atoms with van der Waals surface area (Å²) in [6.07, 6.45) is 2.46. The van der Waals surface area contributed by atoms with Gasteiger partial charge < -0.3 is 19.7 Å². The van der Waals surface area contributed by atoms with Crippen molar-refractivity contribution in [2.24, 2.45) is 0 Å². The second-order valence-electron chi connectivity index (χ2n) is 11.6. The zero-order valence-corrected chi connectivity index (χ0v) is 28.5. The van der Waals surface area contributed by atoms with Crippen LogP contribution in [0.1, 0.15) is 39.0 Å². The van der Waals surface area contributed by atoms with Crippen LogP contribution in [0.3, 0.4) is 0 Å². The Morgan fingerprint density at radius 3 is 2.08 bits per heavy atom. The van der Waals surface area contributed by atoms with Crippen molar-refractivity contribution in [2.75, 3.05) is 24.0 Å². The molecule has 0 heterocycles. The molecule has 0 aromatic heterocycles. The molecule has 1 atom stereocenters. The molecule has 5 aromatic carbocycles. The van der Waals surface area contributed by atoms with Crippen molar-refractivity contribution in [1.82, 2.24) is 5.32 Å². The first-order valence-corrected chi connectivity index (χ1v) is 17.5. The van der Waals surface area contributed by atoms with Crippen molar-refractivity contribution in [1.29, 1.82) is 0 Å². The number of nitrogens with one attached hydrogen (secondary N) is 1.